The van der Waals surface area contributed by atoms with Crippen molar-refractivity contribution in [1.29, 1.82) is 0 Å². The first-order valence-corrected chi connectivity index (χ1v) is 6.03. The number of nitrogens with zero attached hydrogens (tertiary/aromatic N) is 2. The van der Waals surface area contributed by atoms with Gasteiger partial charge in [0.25, 0.3) is 0 Å². The largest absolute Gasteiger partial charge is 0.444 e. The second-order valence-corrected chi connectivity index (χ2v) is 5.53. The average molecular weight is 249 g/mol. The molecule has 1 aliphatic rings. The number of aromatic nitrogens is 1. The molecule has 98 valence electrons. The maximum atomic E-state index is 12.0. The molecule has 1 aliphatic heterocycles. The Bertz CT molecular complexity index is 428. The highest BCUT2D eigenvalue weighted by Gasteiger charge is 2.42. The van der Waals surface area contributed by atoms with E-state index in [4.69, 9.17) is 10.5 Å². The van der Waals surface area contributed by atoms with E-state index in [9.17, 15) is 4.79 Å². The predicted octanol–water partition coefficient (Wildman–Crippen LogP) is 1.70. The smallest absolute Gasteiger partial charge is 0.410 e. The van der Waals surface area contributed by atoms with Gasteiger partial charge in [-0.3, -0.25) is 9.88 Å². The Morgan fingerprint density at radius 3 is 2.78 bits per heavy atom. The van der Waals surface area contributed by atoms with E-state index in [-0.39, 0.29) is 18.2 Å². The average Bonchev–Trinajstić information content (AvgIpc) is 2.24. The highest BCUT2D eigenvalue weighted by Crippen LogP contribution is 2.33. The number of amides is 1. The second kappa shape index (κ2) is 4.57. The Labute approximate surface area is 107 Å². The fourth-order valence-corrected chi connectivity index (χ4v) is 2.02. The maximum absolute atomic E-state index is 12.0. The van der Waals surface area contributed by atoms with Crippen LogP contribution in [0.25, 0.3) is 0 Å². The molecule has 0 radical (unpaired) electrons. The number of carbonyl (C=O) groups is 1. The number of likely N-dealkylation sites (tertiary alicyclic amines) is 1. The molecule has 0 spiro atoms. The Morgan fingerprint density at radius 2 is 2.28 bits per heavy atom. The molecule has 1 saturated heterocycles. The van der Waals surface area contributed by atoms with Gasteiger partial charge in [-0.15, -0.1) is 0 Å². The number of hydrogen-bond donors (Lipinski definition) is 1. The SMILES string of the molecule is CC(C)(C)OC(=O)N1CC(N)C1c1cccnc1. The lowest BCUT2D eigenvalue weighted by Crippen LogP contribution is -2.60. The number of hydrogen-bond acceptors (Lipinski definition) is 4. The van der Waals surface area contributed by atoms with E-state index in [2.05, 4.69) is 4.98 Å². The van der Waals surface area contributed by atoms with Crippen molar-refractivity contribution in [3.05, 3.63) is 30.1 Å². The Kier molecular flexibility index (Phi) is 3.26. The van der Waals surface area contributed by atoms with Gasteiger partial charge in [0, 0.05) is 25.0 Å². The lowest BCUT2D eigenvalue weighted by molar-refractivity contribution is -0.0134. The molecule has 1 aromatic heterocycles. The van der Waals surface area contributed by atoms with E-state index in [1.54, 1.807) is 17.3 Å². The van der Waals surface area contributed by atoms with Gasteiger partial charge in [-0.05, 0) is 32.4 Å². The van der Waals surface area contributed by atoms with E-state index < -0.39 is 5.60 Å². The third kappa shape index (κ3) is 2.61. The molecule has 2 unspecified atom stereocenters. The predicted molar refractivity (Wildman–Crippen MR) is 67.9 cm³/mol. The summed E-state index contributed by atoms with van der Waals surface area (Å²) >= 11 is 0. The number of rotatable bonds is 1. The van der Waals surface area contributed by atoms with E-state index in [1.165, 1.54) is 0 Å². The van der Waals surface area contributed by atoms with Gasteiger partial charge in [-0.2, -0.15) is 0 Å². The van der Waals surface area contributed by atoms with Gasteiger partial charge in [0.05, 0.1) is 6.04 Å². The lowest BCUT2D eigenvalue weighted by atomic mass is 9.92. The van der Waals surface area contributed by atoms with Crippen LogP contribution in [0.2, 0.25) is 0 Å². The summed E-state index contributed by atoms with van der Waals surface area (Å²) in [7, 11) is 0. The summed E-state index contributed by atoms with van der Waals surface area (Å²) in [6.07, 6.45) is 3.12. The van der Waals surface area contributed by atoms with Crippen LogP contribution in [0, 0.1) is 0 Å². The van der Waals surface area contributed by atoms with Gasteiger partial charge in [0.1, 0.15) is 5.60 Å². The molecular formula is C13H19N3O2. The first-order chi connectivity index (χ1) is 8.38. The normalized spacial score (nSPS) is 23.4. The minimum absolute atomic E-state index is 0.0540. The second-order valence-electron chi connectivity index (χ2n) is 5.53. The Hall–Kier alpha value is -1.62. The quantitative estimate of drug-likeness (QED) is 0.822. The van der Waals surface area contributed by atoms with Gasteiger partial charge in [0.15, 0.2) is 0 Å². The molecule has 1 fully saturated rings. The molecule has 0 bridgehead atoms. The van der Waals surface area contributed by atoms with Gasteiger partial charge in [-0.25, -0.2) is 4.79 Å². The topological polar surface area (TPSA) is 68.5 Å². The van der Waals surface area contributed by atoms with Crippen molar-refractivity contribution in [2.24, 2.45) is 5.73 Å². The fraction of sp³-hybridized carbons (Fsp3) is 0.538. The monoisotopic (exact) mass is 249 g/mol. The lowest BCUT2D eigenvalue weighted by Gasteiger charge is -2.46. The zero-order chi connectivity index (χ0) is 13.3. The van der Waals surface area contributed by atoms with Crippen molar-refractivity contribution in [3.63, 3.8) is 0 Å². The molecule has 0 aliphatic carbocycles. The fourth-order valence-electron chi connectivity index (χ4n) is 2.02. The molecule has 5 heteroatoms. The van der Waals surface area contributed by atoms with Crippen LogP contribution < -0.4 is 5.73 Å². The molecule has 0 saturated carbocycles. The van der Waals surface area contributed by atoms with Gasteiger partial charge in [-0.1, -0.05) is 6.07 Å². The summed E-state index contributed by atoms with van der Waals surface area (Å²) in [5, 5.41) is 0. The third-order valence-corrected chi connectivity index (χ3v) is 2.80. The van der Waals surface area contributed by atoms with E-state index in [0.717, 1.165) is 5.56 Å². The standard InChI is InChI=1S/C13H19N3O2/c1-13(2,3)18-12(17)16-8-10(14)11(16)9-5-4-6-15-7-9/h4-7,10-11H,8,14H2,1-3H3. The van der Waals surface area contributed by atoms with E-state index in [1.807, 2.05) is 32.9 Å². The minimum Gasteiger partial charge on any atom is -0.444 e. The van der Waals surface area contributed by atoms with Crippen LogP contribution in [0.1, 0.15) is 32.4 Å². The van der Waals surface area contributed by atoms with Crippen LogP contribution >= 0.6 is 0 Å². The first kappa shape index (κ1) is 12.8. The van der Waals surface area contributed by atoms with Crippen LogP contribution in [0.3, 0.4) is 0 Å². The third-order valence-electron chi connectivity index (χ3n) is 2.80. The van der Waals surface area contributed by atoms with E-state index >= 15 is 0 Å². The van der Waals surface area contributed by atoms with Crippen molar-refractivity contribution in [1.82, 2.24) is 9.88 Å². The van der Waals surface area contributed by atoms with Crippen LogP contribution in [0.15, 0.2) is 24.5 Å². The van der Waals surface area contributed by atoms with Crippen LogP contribution in [-0.2, 0) is 4.74 Å². The highest BCUT2D eigenvalue weighted by molar-refractivity contribution is 5.70. The number of carbonyl (C=O) groups excluding carboxylic acids is 1. The summed E-state index contributed by atoms with van der Waals surface area (Å²) < 4.78 is 5.35. The molecule has 5 nitrogen and oxygen atoms in total. The number of nitrogens with two attached hydrogens (primary N) is 1. The van der Waals surface area contributed by atoms with Crippen LogP contribution in [0.4, 0.5) is 4.79 Å². The number of pyridine rings is 1. The van der Waals surface area contributed by atoms with Crippen LogP contribution in [-0.4, -0.2) is 34.2 Å². The Balaban J connectivity index is 2.09. The summed E-state index contributed by atoms with van der Waals surface area (Å²) in [4.78, 5) is 17.7. The van der Waals surface area contributed by atoms with Crippen molar-refractivity contribution in [3.8, 4) is 0 Å². The molecule has 18 heavy (non-hydrogen) atoms. The summed E-state index contributed by atoms with van der Waals surface area (Å²) in [5.41, 5.74) is 6.43. The molecule has 2 atom stereocenters. The molecule has 2 N–H and O–H groups in total. The minimum atomic E-state index is -0.490. The van der Waals surface area contributed by atoms with Crippen molar-refractivity contribution in [2.45, 2.75) is 38.5 Å². The maximum Gasteiger partial charge on any atom is 0.410 e. The molecule has 2 rings (SSSR count). The van der Waals surface area contributed by atoms with Gasteiger partial charge < -0.3 is 10.5 Å². The Morgan fingerprint density at radius 1 is 1.56 bits per heavy atom. The molecular weight excluding hydrogens is 230 g/mol. The summed E-state index contributed by atoms with van der Waals surface area (Å²) in [5.74, 6) is 0. The van der Waals surface area contributed by atoms with Crippen molar-refractivity contribution in [2.75, 3.05) is 6.54 Å². The molecule has 2 heterocycles. The van der Waals surface area contributed by atoms with Crippen LogP contribution in [0.5, 0.6) is 0 Å². The van der Waals surface area contributed by atoms with E-state index in [0.29, 0.717) is 6.54 Å². The van der Waals surface area contributed by atoms with Crippen molar-refractivity contribution < 1.29 is 9.53 Å². The molecule has 1 aromatic rings. The van der Waals surface area contributed by atoms with Gasteiger partial charge in [0.2, 0.25) is 0 Å². The summed E-state index contributed by atoms with van der Waals surface area (Å²) in [6.45, 7) is 6.07. The zero-order valence-electron chi connectivity index (χ0n) is 11.0. The molecule has 1 amide bonds. The molecule has 0 aromatic carbocycles. The first-order valence-electron chi connectivity index (χ1n) is 6.03. The zero-order valence-corrected chi connectivity index (χ0v) is 11.0. The number of ether oxygens (including phenoxy) is 1. The summed E-state index contributed by atoms with van der Waals surface area (Å²) in [6, 6.07) is 3.58. The van der Waals surface area contributed by atoms with Gasteiger partial charge >= 0.3 is 6.09 Å². The highest BCUT2D eigenvalue weighted by atomic mass is 16.6. The van der Waals surface area contributed by atoms with Crippen molar-refractivity contribution >= 4 is 6.09 Å².